The second-order valence-corrected chi connectivity index (χ2v) is 7.66. The quantitative estimate of drug-likeness (QED) is 0.661. The van der Waals surface area contributed by atoms with E-state index in [9.17, 15) is 4.79 Å². The number of piperidine rings is 1. The van der Waals surface area contributed by atoms with Gasteiger partial charge in [-0.2, -0.15) is 0 Å². The molecule has 7 nitrogen and oxygen atoms in total. The van der Waals surface area contributed by atoms with E-state index in [2.05, 4.69) is 15.3 Å². The van der Waals surface area contributed by atoms with Crippen LogP contribution in [0.4, 0.5) is 5.82 Å². The van der Waals surface area contributed by atoms with Gasteiger partial charge in [-0.15, -0.1) is 0 Å². The van der Waals surface area contributed by atoms with Gasteiger partial charge in [-0.3, -0.25) is 9.78 Å². The molecule has 7 heteroatoms. The number of aromatic nitrogens is 3. The molecule has 0 aliphatic carbocycles. The van der Waals surface area contributed by atoms with Crippen LogP contribution in [0.15, 0.2) is 54.9 Å². The summed E-state index contributed by atoms with van der Waals surface area (Å²) in [6.07, 6.45) is 5.78. The summed E-state index contributed by atoms with van der Waals surface area (Å²) in [5.41, 5.74) is 2.74. The van der Waals surface area contributed by atoms with Crippen molar-refractivity contribution in [2.24, 2.45) is 0 Å². The zero-order chi connectivity index (χ0) is 21.6. The van der Waals surface area contributed by atoms with Crippen LogP contribution in [-0.2, 0) is 11.2 Å². The number of para-hydroxylation sites is 1. The maximum Gasteiger partial charge on any atom is 0.227 e. The van der Waals surface area contributed by atoms with Crippen molar-refractivity contribution in [2.45, 2.75) is 25.2 Å². The molecule has 2 aromatic heterocycles. The summed E-state index contributed by atoms with van der Waals surface area (Å²) in [5, 5.41) is 3.13. The molecule has 0 saturated carbocycles. The second kappa shape index (κ2) is 9.55. The molecule has 1 atom stereocenters. The predicted octanol–water partition coefficient (Wildman–Crippen LogP) is 3.54. The van der Waals surface area contributed by atoms with E-state index in [0.29, 0.717) is 18.8 Å². The highest BCUT2D eigenvalue weighted by Crippen LogP contribution is 2.29. The number of hydrogen-bond acceptors (Lipinski definition) is 6. The van der Waals surface area contributed by atoms with E-state index < -0.39 is 0 Å². The number of likely N-dealkylation sites (tertiary alicyclic amines) is 1. The average Bonchev–Trinajstić information content (AvgIpc) is 2.84. The molecule has 1 saturated heterocycles. The zero-order valence-corrected chi connectivity index (χ0v) is 17.9. The van der Waals surface area contributed by atoms with E-state index in [1.54, 1.807) is 19.5 Å². The minimum absolute atomic E-state index is 0.115. The largest absolute Gasteiger partial charge is 0.496 e. The Morgan fingerprint density at radius 3 is 2.87 bits per heavy atom. The Morgan fingerprint density at radius 2 is 2.10 bits per heavy atom. The minimum Gasteiger partial charge on any atom is -0.496 e. The van der Waals surface area contributed by atoms with Gasteiger partial charge in [0.1, 0.15) is 11.6 Å². The van der Waals surface area contributed by atoms with E-state index in [-0.39, 0.29) is 11.8 Å². The summed E-state index contributed by atoms with van der Waals surface area (Å²) in [6.45, 7) is 1.42. The molecular formula is C24H27N5O2. The SMILES string of the molecule is CNc1cc([C@H]2CCCN(C(=O)Cc3ccccc3OC)C2)nc(-c2cccnc2)n1. The Balaban J connectivity index is 1.53. The van der Waals surface area contributed by atoms with Crippen LogP contribution in [0.2, 0.25) is 0 Å². The van der Waals surface area contributed by atoms with Gasteiger partial charge in [-0.05, 0) is 31.0 Å². The van der Waals surface area contributed by atoms with Gasteiger partial charge in [0.15, 0.2) is 5.82 Å². The van der Waals surface area contributed by atoms with Gasteiger partial charge in [0.25, 0.3) is 0 Å². The number of carbonyl (C=O) groups is 1. The fourth-order valence-corrected chi connectivity index (χ4v) is 4.00. The van der Waals surface area contributed by atoms with Crippen LogP contribution in [0.5, 0.6) is 5.75 Å². The van der Waals surface area contributed by atoms with Crippen LogP contribution in [0.3, 0.4) is 0 Å². The van der Waals surface area contributed by atoms with Crippen LogP contribution in [0, 0.1) is 0 Å². The average molecular weight is 418 g/mol. The molecule has 3 heterocycles. The van der Waals surface area contributed by atoms with Gasteiger partial charge in [0.05, 0.1) is 19.2 Å². The molecule has 3 aromatic rings. The van der Waals surface area contributed by atoms with Crippen molar-refractivity contribution in [3.63, 3.8) is 0 Å². The second-order valence-electron chi connectivity index (χ2n) is 7.66. The Bertz CT molecular complexity index is 1040. The first kappa shape index (κ1) is 20.8. The van der Waals surface area contributed by atoms with Crippen molar-refractivity contribution in [1.29, 1.82) is 0 Å². The first-order valence-electron chi connectivity index (χ1n) is 10.5. The topological polar surface area (TPSA) is 80.2 Å². The van der Waals surface area contributed by atoms with Crippen LogP contribution in [-0.4, -0.2) is 53.0 Å². The highest BCUT2D eigenvalue weighted by atomic mass is 16.5. The molecular weight excluding hydrogens is 390 g/mol. The Labute approximate surface area is 182 Å². The molecule has 160 valence electrons. The Kier molecular flexibility index (Phi) is 6.40. The van der Waals surface area contributed by atoms with Crippen LogP contribution in [0.1, 0.15) is 30.0 Å². The fourth-order valence-electron chi connectivity index (χ4n) is 4.00. The maximum atomic E-state index is 13.0. The molecule has 1 fully saturated rings. The van der Waals surface area contributed by atoms with Crippen molar-refractivity contribution in [3.05, 3.63) is 66.1 Å². The lowest BCUT2D eigenvalue weighted by atomic mass is 9.93. The maximum absolute atomic E-state index is 13.0. The van der Waals surface area contributed by atoms with Crippen LogP contribution < -0.4 is 10.1 Å². The van der Waals surface area contributed by atoms with Crippen LogP contribution >= 0.6 is 0 Å². The molecule has 0 radical (unpaired) electrons. The summed E-state index contributed by atoms with van der Waals surface area (Å²) in [5.74, 6) is 2.44. The third-order valence-electron chi connectivity index (χ3n) is 5.65. The summed E-state index contributed by atoms with van der Waals surface area (Å²) in [7, 11) is 3.48. The van der Waals surface area contributed by atoms with Gasteiger partial charge in [-0.25, -0.2) is 9.97 Å². The summed E-state index contributed by atoms with van der Waals surface area (Å²) < 4.78 is 5.40. The number of amides is 1. The molecule has 1 aliphatic heterocycles. The van der Waals surface area contributed by atoms with E-state index in [1.807, 2.05) is 54.4 Å². The summed E-state index contributed by atoms with van der Waals surface area (Å²) in [4.78, 5) is 28.6. The molecule has 1 aliphatic rings. The summed E-state index contributed by atoms with van der Waals surface area (Å²) >= 11 is 0. The number of benzene rings is 1. The third-order valence-corrected chi connectivity index (χ3v) is 5.65. The van der Waals surface area contributed by atoms with Crippen molar-refractivity contribution in [1.82, 2.24) is 19.9 Å². The number of anilines is 1. The molecule has 31 heavy (non-hydrogen) atoms. The fraction of sp³-hybridized carbons (Fsp3) is 0.333. The zero-order valence-electron chi connectivity index (χ0n) is 17.9. The first-order valence-corrected chi connectivity index (χ1v) is 10.5. The molecule has 0 unspecified atom stereocenters. The number of ether oxygens (including phenoxy) is 1. The van der Waals surface area contributed by atoms with Crippen molar-refractivity contribution in [2.75, 3.05) is 32.6 Å². The van der Waals surface area contributed by atoms with E-state index in [4.69, 9.17) is 9.72 Å². The van der Waals surface area contributed by atoms with Crippen molar-refractivity contribution in [3.8, 4) is 17.1 Å². The van der Waals surface area contributed by atoms with Gasteiger partial charge >= 0.3 is 0 Å². The standard InChI is InChI=1S/C24H27N5O2/c1-25-22-14-20(27-24(28-22)18-8-5-11-26-15-18)19-9-6-12-29(16-19)23(30)13-17-7-3-4-10-21(17)31-2/h3-5,7-8,10-11,14-15,19H,6,9,12-13,16H2,1-2H3,(H,25,27,28)/t19-/m0/s1. The van der Waals surface area contributed by atoms with Crippen LogP contribution in [0.25, 0.3) is 11.4 Å². The predicted molar refractivity (Wildman–Crippen MR) is 120 cm³/mol. The number of pyridine rings is 1. The van der Waals surface area contributed by atoms with Gasteiger partial charge < -0.3 is 15.0 Å². The van der Waals surface area contributed by atoms with Crippen molar-refractivity contribution >= 4 is 11.7 Å². The molecule has 1 N–H and O–H groups in total. The van der Waals surface area contributed by atoms with Gasteiger partial charge in [0.2, 0.25) is 5.91 Å². The minimum atomic E-state index is 0.115. The molecule has 0 bridgehead atoms. The summed E-state index contributed by atoms with van der Waals surface area (Å²) in [6, 6.07) is 13.5. The smallest absolute Gasteiger partial charge is 0.227 e. The number of rotatable bonds is 6. The number of methoxy groups -OCH3 is 1. The number of nitrogens with zero attached hydrogens (tertiary/aromatic N) is 4. The highest BCUT2D eigenvalue weighted by molar-refractivity contribution is 5.79. The van der Waals surface area contributed by atoms with E-state index >= 15 is 0 Å². The molecule has 1 amide bonds. The Morgan fingerprint density at radius 1 is 1.23 bits per heavy atom. The Hall–Kier alpha value is -3.48. The molecule has 1 aromatic carbocycles. The first-order chi connectivity index (χ1) is 15.2. The van der Waals surface area contributed by atoms with E-state index in [1.165, 1.54) is 0 Å². The van der Waals surface area contributed by atoms with E-state index in [0.717, 1.165) is 47.8 Å². The molecule has 4 rings (SSSR count). The number of hydrogen-bond donors (Lipinski definition) is 1. The number of carbonyl (C=O) groups excluding carboxylic acids is 1. The number of nitrogens with one attached hydrogen (secondary N) is 1. The molecule has 0 spiro atoms. The lowest BCUT2D eigenvalue weighted by Crippen LogP contribution is -2.40. The van der Waals surface area contributed by atoms with Gasteiger partial charge in [-0.1, -0.05) is 18.2 Å². The highest BCUT2D eigenvalue weighted by Gasteiger charge is 2.27. The lowest BCUT2D eigenvalue weighted by Gasteiger charge is -2.33. The monoisotopic (exact) mass is 417 g/mol. The lowest BCUT2D eigenvalue weighted by molar-refractivity contribution is -0.131. The third kappa shape index (κ3) is 4.82. The van der Waals surface area contributed by atoms with Gasteiger partial charge in [0, 0.05) is 55.6 Å². The normalized spacial score (nSPS) is 16.1. The van der Waals surface area contributed by atoms with Crippen molar-refractivity contribution < 1.29 is 9.53 Å².